The smallest absolute Gasteiger partial charge is 0.253 e. The van der Waals surface area contributed by atoms with Crippen LogP contribution in [0, 0.1) is 5.41 Å². The van der Waals surface area contributed by atoms with Gasteiger partial charge < -0.3 is 4.90 Å². The minimum absolute atomic E-state index is 0.0977. The van der Waals surface area contributed by atoms with Crippen molar-refractivity contribution in [1.82, 2.24) is 20.7 Å². The minimum atomic E-state index is 0.0977. The molecule has 2 aliphatic heterocycles. The summed E-state index contributed by atoms with van der Waals surface area (Å²) >= 11 is 0. The second-order valence-electron chi connectivity index (χ2n) is 9.36. The van der Waals surface area contributed by atoms with Gasteiger partial charge in [-0.25, -0.2) is 0 Å². The molecule has 1 amide bonds. The van der Waals surface area contributed by atoms with Crippen molar-refractivity contribution in [2.75, 3.05) is 26.7 Å². The van der Waals surface area contributed by atoms with Gasteiger partial charge in [0.25, 0.3) is 5.91 Å². The monoisotopic (exact) mass is 372 g/mol. The van der Waals surface area contributed by atoms with Crippen LogP contribution in [0.1, 0.15) is 62.4 Å². The van der Waals surface area contributed by atoms with Gasteiger partial charge in [0.2, 0.25) is 0 Å². The zero-order valence-electron chi connectivity index (χ0n) is 17.4. The third-order valence-electron chi connectivity index (χ3n) is 5.92. The molecule has 5 nitrogen and oxygen atoms in total. The molecule has 1 aromatic carbocycles. The van der Waals surface area contributed by atoms with Crippen molar-refractivity contribution in [3.8, 4) is 0 Å². The zero-order valence-corrected chi connectivity index (χ0v) is 17.4. The molecule has 150 valence electrons. The Morgan fingerprint density at radius 3 is 2.37 bits per heavy atom. The summed E-state index contributed by atoms with van der Waals surface area (Å²) in [6.45, 7) is 10.8. The van der Waals surface area contributed by atoms with Crippen molar-refractivity contribution >= 4 is 5.91 Å². The number of hydrogen-bond acceptors (Lipinski definition) is 4. The van der Waals surface area contributed by atoms with Gasteiger partial charge >= 0.3 is 0 Å². The lowest BCUT2D eigenvalue weighted by molar-refractivity contribution is 0.0782. The first-order chi connectivity index (χ1) is 12.8. The van der Waals surface area contributed by atoms with E-state index in [1.165, 1.54) is 37.9 Å². The number of likely N-dealkylation sites (N-methyl/N-ethyl adjacent to an activating group) is 1. The highest BCUT2D eigenvalue weighted by Gasteiger charge is 2.33. The number of rotatable bonds is 5. The van der Waals surface area contributed by atoms with E-state index < -0.39 is 0 Å². The van der Waals surface area contributed by atoms with Gasteiger partial charge in [-0.1, -0.05) is 39.3 Å². The van der Waals surface area contributed by atoms with Crippen molar-refractivity contribution in [2.45, 2.75) is 65.1 Å². The van der Waals surface area contributed by atoms with Crippen LogP contribution in [0.5, 0.6) is 0 Å². The van der Waals surface area contributed by atoms with Crippen LogP contribution >= 0.6 is 0 Å². The highest BCUT2D eigenvalue weighted by molar-refractivity contribution is 5.94. The van der Waals surface area contributed by atoms with Gasteiger partial charge in [-0.15, -0.1) is 0 Å². The maximum atomic E-state index is 12.8. The largest absolute Gasteiger partial charge is 0.340 e. The molecule has 0 radical (unpaired) electrons. The summed E-state index contributed by atoms with van der Waals surface area (Å²) in [7, 11) is 1.90. The average molecular weight is 373 g/mol. The van der Waals surface area contributed by atoms with Crippen molar-refractivity contribution < 1.29 is 4.79 Å². The standard InChI is InChI=1S/C22H36N4O/c1-22(2,3)20-14-19(23-24-20)16-25(4)21(27)18-10-8-17(9-11-18)15-26-12-6-5-7-13-26/h8-11,19-20,23-24H,5-7,12-16H2,1-4H3. The van der Waals surface area contributed by atoms with E-state index in [9.17, 15) is 4.79 Å². The number of benzene rings is 1. The molecular formula is C22H36N4O. The van der Waals surface area contributed by atoms with E-state index in [1.807, 2.05) is 24.1 Å². The molecule has 2 saturated heterocycles. The molecule has 0 bridgehead atoms. The van der Waals surface area contributed by atoms with Crippen molar-refractivity contribution in [2.24, 2.45) is 5.41 Å². The summed E-state index contributed by atoms with van der Waals surface area (Å²) < 4.78 is 0. The Hall–Kier alpha value is -1.43. The predicted octanol–water partition coefficient (Wildman–Crippen LogP) is 3.03. The molecule has 27 heavy (non-hydrogen) atoms. The number of carbonyl (C=O) groups is 1. The number of likely N-dealkylation sites (tertiary alicyclic amines) is 1. The Labute approximate surface area is 164 Å². The van der Waals surface area contributed by atoms with E-state index in [0.29, 0.717) is 18.6 Å². The van der Waals surface area contributed by atoms with Crippen LogP contribution in [-0.4, -0.2) is 54.5 Å². The molecule has 0 aliphatic carbocycles. The van der Waals surface area contributed by atoms with Crippen LogP contribution in [-0.2, 0) is 6.54 Å². The fraction of sp³-hybridized carbons (Fsp3) is 0.682. The normalized spacial score (nSPS) is 24.1. The summed E-state index contributed by atoms with van der Waals surface area (Å²) in [4.78, 5) is 17.1. The molecule has 2 heterocycles. The second kappa shape index (κ2) is 8.72. The molecular weight excluding hydrogens is 336 g/mol. The minimum Gasteiger partial charge on any atom is -0.340 e. The zero-order chi connectivity index (χ0) is 19.4. The van der Waals surface area contributed by atoms with Crippen LogP contribution in [0.3, 0.4) is 0 Å². The number of hydrogen-bond donors (Lipinski definition) is 2. The Bertz CT molecular complexity index is 616. The number of nitrogens with one attached hydrogen (secondary N) is 2. The van der Waals surface area contributed by atoms with Crippen molar-refractivity contribution in [1.29, 1.82) is 0 Å². The van der Waals surface area contributed by atoms with Gasteiger partial charge in [-0.05, 0) is 55.5 Å². The Morgan fingerprint density at radius 2 is 1.78 bits per heavy atom. The lowest BCUT2D eigenvalue weighted by Gasteiger charge is -2.26. The number of carbonyl (C=O) groups excluding carboxylic acids is 1. The van der Waals surface area contributed by atoms with Crippen LogP contribution in [0.4, 0.5) is 0 Å². The van der Waals surface area contributed by atoms with Gasteiger partial charge in [-0.2, -0.15) is 0 Å². The maximum Gasteiger partial charge on any atom is 0.253 e. The van der Waals surface area contributed by atoms with Gasteiger partial charge in [-0.3, -0.25) is 20.5 Å². The Kier molecular flexibility index (Phi) is 6.56. The summed E-state index contributed by atoms with van der Waals surface area (Å²) in [6, 6.07) is 8.91. The topological polar surface area (TPSA) is 47.6 Å². The molecule has 0 saturated carbocycles. The SMILES string of the molecule is CN(CC1CC(C(C)(C)C)NN1)C(=O)c1ccc(CN2CCCCC2)cc1. The van der Waals surface area contributed by atoms with E-state index in [4.69, 9.17) is 0 Å². The molecule has 1 aromatic rings. The van der Waals surface area contributed by atoms with Gasteiger partial charge in [0.05, 0.1) is 0 Å². The molecule has 2 N–H and O–H groups in total. The molecule has 2 atom stereocenters. The lowest BCUT2D eigenvalue weighted by atomic mass is 9.84. The summed E-state index contributed by atoms with van der Waals surface area (Å²) in [6.07, 6.45) is 5.01. The first-order valence-electron chi connectivity index (χ1n) is 10.4. The fourth-order valence-corrected chi connectivity index (χ4v) is 4.07. The van der Waals surface area contributed by atoms with Gasteiger partial charge in [0, 0.05) is 37.8 Å². The number of piperidine rings is 1. The van der Waals surface area contributed by atoms with Crippen molar-refractivity contribution in [3.63, 3.8) is 0 Å². The molecule has 3 rings (SSSR count). The van der Waals surface area contributed by atoms with Crippen LogP contribution in [0.2, 0.25) is 0 Å². The molecule has 2 aliphatic rings. The van der Waals surface area contributed by atoms with Gasteiger partial charge in [0.1, 0.15) is 0 Å². The highest BCUT2D eigenvalue weighted by Crippen LogP contribution is 2.25. The van der Waals surface area contributed by atoms with Crippen LogP contribution in [0.15, 0.2) is 24.3 Å². The third kappa shape index (κ3) is 5.53. The van der Waals surface area contributed by atoms with E-state index in [1.54, 1.807) is 0 Å². The maximum absolute atomic E-state index is 12.8. The van der Waals surface area contributed by atoms with Crippen LogP contribution in [0.25, 0.3) is 0 Å². The number of hydrazine groups is 1. The van der Waals surface area contributed by atoms with Crippen molar-refractivity contribution in [3.05, 3.63) is 35.4 Å². The number of nitrogens with zero attached hydrogens (tertiary/aromatic N) is 2. The molecule has 0 aromatic heterocycles. The van der Waals surface area contributed by atoms with E-state index in [0.717, 1.165) is 18.5 Å². The second-order valence-corrected chi connectivity index (χ2v) is 9.36. The molecule has 2 unspecified atom stereocenters. The summed E-state index contributed by atoms with van der Waals surface area (Å²) in [5.74, 6) is 0.0977. The molecule has 2 fully saturated rings. The Balaban J connectivity index is 1.51. The molecule has 0 spiro atoms. The van der Waals surface area contributed by atoms with E-state index in [2.05, 4.69) is 48.7 Å². The first-order valence-corrected chi connectivity index (χ1v) is 10.4. The predicted molar refractivity (Wildman–Crippen MR) is 110 cm³/mol. The van der Waals surface area contributed by atoms with Gasteiger partial charge in [0.15, 0.2) is 0 Å². The summed E-state index contributed by atoms with van der Waals surface area (Å²) in [5.41, 5.74) is 9.03. The highest BCUT2D eigenvalue weighted by atomic mass is 16.2. The average Bonchev–Trinajstić information content (AvgIpc) is 3.11. The van der Waals surface area contributed by atoms with E-state index in [-0.39, 0.29) is 11.3 Å². The fourth-order valence-electron chi connectivity index (χ4n) is 4.07. The third-order valence-corrected chi connectivity index (χ3v) is 5.92. The lowest BCUT2D eigenvalue weighted by Crippen LogP contribution is -2.42. The molecule has 5 heteroatoms. The van der Waals surface area contributed by atoms with E-state index >= 15 is 0 Å². The number of amides is 1. The van der Waals surface area contributed by atoms with Crippen LogP contribution < -0.4 is 10.9 Å². The summed E-state index contributed by atoms with van der Waals surface area (Å²) in [5, 5.41) is 0. The first kappa shape index (κ1) is 20.3. The Morgan fingerprint density at radius 1 is 1.11 bits per heavy atom. The quantitative estimate of drug-likeness (QED) is 0.834.